The Bertz CT molecular complexity index is 1710. The quantitative estimate of drug-likeness (QED) is 0.103. The Balaban J connectivity index is 1.65. The Labute approximate surface area is 367 Å². The molecule has 1 amide bonds. The lowest BCUT2D eigenvalue weighted by atomic mass is 9.82. The van der Waals surface area contributed by atoms with Gasteiger partial charge in [-0.1, -0.05) is 57.6 Å². The van der Waals surface area contributed by atoms with E-state index in [0.29, 0.717) is 57.8 Å². The maximum absolute atomic E-state index is 14.3. The van der Waals surface area contributed by atoms with Gasteiger partial charge in [-0.25, -0.2) is 9.59 Å². The van der Waals surface area contributed by atoms with Crippen LogP contribution < -0.4 is 0 Å². The van der Waals surface area contributed by atoms with Crippen LogP contribution in [0.5, 0.6) is 0 Å². The third-order valence-electron chi connectivity index (χ3n) is 13.1. The number of carboxylic acids is 1. The van der Waals surface area contributed by atoms with Gasteiger partial charge in [-0.2, -0.15) is 0 Å². The Kier molecular flexibility index (Phi) is 19.3. The number of carbonyl (C=O) groups excluding carboxylic acids is 5. The minimum atomic E-state index is -2.50. The van der Waals surface area contributed by atoms with Crippen molar-refractivity contribution in [3.05, 3.63) is 47.6 Å². The highest BCUT2D eigenvalue weighted by atomic mass is 16.7. The fraction of sp³-hybridized carbons (Fsp3) is 0.708. The number of fused-ring (bicyclic) bond motifs is 3. The van der Waals surface area contributed by atoms with Crippen LogP contribution in [0.1, 0.15) is 125 Å². The van der Waals surface area contributed by atoms with Gasteiger partial charge < -0.3 is 38.8 Å². The van der Waals surface area contributed by atoms with Crippen molar-refractivity contribution >= 4 is 35.4 Å². The van der Waals surface area contributed by atoms with Gasteiger partial charge in [0.25, 0.3) is 11.7 Å². The van der Waals surface area contributed by atoms with Crippen molar-refractivity contribution in [1.29, 1.82) is 0 Å². The fourth-order valence-electron chi connectivity index (χ4n) is 9.53. The van der Waals surface area contributed by atoms with Crippen molar-refractivity contribution in [2.24, 2.45) is 29.6 Å². The lowest BCUT2D eigenvalue weighted by Gasteiger charge is -2.47. The van der Waals surface area contributed by atoms with Crippen LogP contribution in [-0.4, -0.2) is 114 Å². The molecule has 14 nitrogen and oxygen atoms in total. The minimum Gasteiger partial charge on any atom is -0.478 e. The van der Waals surface area contributed by atoms with E-state index < -0.39 is 71.7 Å². The highest BCUT2D eigenvalue weighted by molar-refractivity contribution is 6.39. The Hall–Kier alpha value is -3.98. The molecule has 0 radical (unpaired) electrons. The monoisotopic (exact) mass is 869 g/mol. The molecule has 2 bridgehead atoms. The van der Waals surface area contributed by atoms with Gasteiger partial charge in [-0.05, 0) is 114 Å². The first-order chi connectivity index (χ1) is 29.4. The summed E-state index contributed by atoms with van der Waals surface area (Å²) < 4.78 is 30.0. The van der Waals surface area contributed by atoms with Gasteiger partial charge in [0.2, 0.25) is 5.79 Å². The molecule has 4 rings (SSSR count). The third kappa shape index (κ3) is 13.5. The maximum Gasteiger partial charge on any atom is 0.329 e. The summed E-state index contributed by atoms with van der Waals surface area (Å²) in [6, 6.07) is -1.10. The Morgan fingerprint density at radius 3 is 2.31 bits per heavy atom. The number of cyclic esters (lactones) is 1. The number of amides is 1. The SMILES string of the molecule is CC[C@@H]1/C=C(\C)C[C@H](C)C[C@H](OC)[C@H]2O[C@@](O)(C(=O)C(=O)N3CCCC[C@H]3C(=O)O[C@H](/C(C)=C/C3CCC(OC(=O)CC/C=C/C(=O)O)CC3)[C@H](C)/C=C/C1=O)[C@H](C)C[C@@H]2OC. The van der Waals surface area contributed by atoms with Crippen LogP contribution in [0.25, 0.3) is 0 Å². The van der Waals surface area contributed by atoms with Crippen molar-refractivity contribution in [1.82, 2.24) is 4.90 Å². The lowest BCUT2D eigenvalue weighted by molar-refractivity contribution is -0.302. The number of ether oxygens (including phenoxy) is 5. The summed E-state index contributed by atoms with van der Waals surface area (Å²) >= 11 is 0. The number of aliphatic hydroxyl groups is 1. The van der Waals surface area contributed by atoms with Gasteiger partial charge in [0.05, 0.1) is 12.2 Å². The van der Waals surface area contributed by atoms with E-state index in [0.717, 1.165) is 17.2 Å². The zero-order chi connectivity index (χ0) is 45.7. The molecule has 1 saturated carbocycles. The van der Waals surface area contributed by atoms with Gasteiger partial charge in [0.15, 0.2) is 5.78 Å². The minimum absolute atomic E-state index is 0.0525. The van der Waals surface area contributed by atoms with Gasteiger partial charge in [0.1, 0.15) is 24.4 Å². The van der Waals surface area contributed by atoms with E-state index in [2.05, 4.69) is 13.0 Å². The largest absolute Gasteiger partial charge is 0.478 e. The molecule has 10 atom stereocenters. The zero-order valence-electron chi connectivity index (χ0n) is 38.0. The predicted molar refractivity (Wildman–Crippen MR) is 230 cm³/mol. The Morgan fingerprint density at radius 2 is 1.66 bits per heavy atom. The summed E-state index contributed by atoms with van der Waals surface area (Å²) in [5.74, 6) is -8.37. The van der Waals surface area contributed by atoms with E-state index in [1.807, 2.05) is 33.8 Å². The highest BCUT2D eigenvalue weighted by Gasteiger charge is 2.56. The Morgan fingerprint density at radius 1 is 0.984 bits per heavy atom. The molecule has 0 unspecified atom stereocenters. The summed E-state index contributed by atoms with van der Waals surface area (Å²) in [7, 11) is 3.07. The van der Waals surface area contributed by atoms with Gasteiger partial charge >= 0.3 is 17.9 Å². The summed E-state index contributed by atoms with van der Waals surface area (Å²) in [5.41, 5.74) is 1.79. The molecule has 1 aliphatic carbocycles. The second-order valence-electron chi connectivity index (χ2n) is 18.1. The number of rotatable bonds is 10. The number of piperidine rings is 1. The molecule has 62 heavy (non-hydrogen) atoms. The molecule has 0 aromatic rings. The molecule has 0 spiro atoms. The van der Waals surface area contributed by atoms with Crippen molar-refractivity contribution < 1.29 is 62.7 Å². The first-order valence-corrected chi connectivity index (χ1v) is 22.6. The van der Waals surface area contributed by atoms with Crippen molar-refractivity contribution in [3.8, 4) is 0 Å². The number of methoxy groups -OCH3 is 2. The molecule has 4 aliphatic rings. The summed E-state index contributed by atoms with van der Waals surface area (Å²) in [5, 5.41) is 20.8. The summed E-state index contributed by atoms with van der Waals surface area (Å²) in [6.45, 7) is 11.5. The second-order valence-corrected chi connectivity index (χ2v) is 18.1. The topological polar surface area (TPSA) is 192 Å². The molecule has 2 saturated heterocycles. The number of carboxylic acid groups (broad SMARTS) is 1. The number of hydrogen-bond acceptors (Lipinski definition) is 12. The molecule has 2 N–H and O–H groups in total. The molecule has 3 aliphatic heterocycles. The molecule has 0 aromatic heterocycles. The number of nitrogens with zero attached hydrogens (tertiary/aromatic N) is 1. The van der Waals surface area contributed by atoms with Crippen LogP contribution in [-0.2, 0) is 52.5 Å². The first-order valence-electron chi connectivity index (χ1n) is 22.6. The van der Waals surface area contributed by atoms with Crippen LogP contribution in [0.2, 0.25) is 0 Å². The van der Waals surface area contributed by atoms with Crippen molar-refractivity contribution in [2.45, 2.75) is 167 Å². The van der Waals surface area contributed by atoms with Crippen molar-refractivity contribution in [2.75, 3.05) is 20.8 Å². The van der Waals surface area contributed by atoms with Crippen LogP contribution in [0.4, 0.5) is 0 Å². The van der Waals surface area contributed by atoms with Gasteiger partial charge in [-0.15, -0.1) is 0 Å². The van der Waals surface area contributed by atoms with Crippen LogP contribution in [0.3, 0.4) is 0 Å². The predicted octanol–water partition coefficient (Wildman–Crippen LogP) is 6.63. The second kappa shape index (κ2) is 23.6. The van der Waals surface area contributed by atoms with Gasteiger partial charge in [0, 0.05) is 51.0 Å². The summed E-state index contributed by atoms with van der Waals surface area (Å²) in [4.78, 5) is 80.9. The van der Waals surface area contributed by atoms with E-state index in [1.54, 1.807) is 19.1 Å². The zero-order valence-corrected chi connectivity index (χ0v) is 38.0. The van der Waals surface area contributed by atoms with E-state index in [9.17, 15) is 33.9 Å². The number of carbonyl (C=O) groups is 6. The molecule has 14 heteroatoms. The van der Waals surface area contributed by atoms with E-state index in [-0.39, 0.29) is 67.8 Å². The number of Topliss-reactive ketones (excluding diaryl/α,β-unsaturated/α-hetero) is 1. The highest BCUT2D eigenvalue weighted by Crippen LogP contribution is 2.39. The maximum atomic E-state index is 14.3. The number of hydrogen-bond donors (Lipinski definition) is 2. The third-order valence-corrected chi connectivity index (χ3v) is 13.1. The van der Waals surface area contributed by atoms with E-state index >= 15 is 0 Å². The van der Waals surface area contributed by atoms with Crippen LogP contribution in [0.15, 0.2) is 47.6 Å². The number of esters is 2. The molecular formula is C48H71NO13. The number of allylic oxidation sites excluding steroid dienone is 5. The fourth-order valence-corrected chi connectivity index (χ4v) is 9.53. The molecular weight excluding hydrogens is 799 g/mol. The van der Waals surface area contributed by atoms with E-state index in [4.69, 9.17) is 28.8 Å². The van der Waals surface area contributed by atoms with Gasteiger partial charge in [-0.3, -0.25) is 19.2 Å². The molecule has 3 heterocycles. The van der Waals surface area contributed by atoms with Crippen LogP contribution in [0, 0.1) is 29.6 Å². The normalized spacial score (nSPS) is 36.5. The van der Waals surface area contributed by atoms with Crippen molar-refractivity contribution in [3.63, 3.8) is 0 Å². The number of ketones is 2. The molecule has 3 fully saturated rings. The van der Waals surface area contributed by atoms with Crippen LogP contribution >= 0.6 is 0 Å². The van der Waals surface area contributed by atoms with E-state index in [1.165, 1.54) is 25.2 Å². The molecule has 346 valence electrons. The molecule has 0 aromatic carbocycles. The number of aliphatic carboxylic acids is 1. The first kappa shape index (κ1) is 50.7. The average molecular weight is 870 g/mol. The lowest BCUT2D eigenvalue weighted by Crippen LogP contribution is -2.64. The summed E-state index contributed by atoms with van der Waals surface area (Å²) in [6.07, 6.45) is 13.2. The average Bonchev–Trinajstić information content (AvgIpc) is 3.24. The standard InChI is InChI=1S/C48H71NO13/c1-9-35-25-29(2)24-30(3)26-39(58-7)44-40(59-8)28-33(6)48(57,62-44)45(54)46(55)49-23-13-12-14-37(49)47(56)61-43(31(4)17-22-38(35)50)32(5)27-34-18-20-36(21-19-34)60-42(53)16-11-10-15-41(51)52/h10,15,17,22,25,27,30-31,33-37,39-40,43-44,57H,9,11-14,16,18-21,23-24,26,28H2,1-8H3,(H,51,52)/b15-10+,22-17+,29-25+,32-27+/t30-,31+,33+,34?,35+,36?,37-,39-,40-,43-,44+,48+/m0/s1. The smallest absolute Gasteiger partial charge is 0.329 e.